The highest BCUT2D eigenvalue weighted by atomic mass is 16.2. The van der Waals surface area contributed by atoms with Crippen LogP contribution in [0.3, 0.4) is 0 Å². The van der Waals surface area contributed by atoms with Crippen molar-refractivity contribution in [3.63, 3.8) is 0 Å². The first-order chi connectivity index (χ1) is 8.87. The van der Waals surface area contributed by atoms with Crippen molar-refractivity contribution in [3.8, 4) is 0 Å². The van der Waals surface area contributed by atoms with Crippen LogP contribution in [0.1, 0.15) is 53.4 Å². The number of piperazine rings is 1. The number of amides is 1. The molecular formula is C16H30N2O. The zero-order valence-electron chi connectivity index (χ0n) is 13.0. The molecule has 3 atom stereocenters. The highest BCUT2D eigenvalue weighted by Crippen LogP contribution is 2.43. The van der Waals surface area contributed by atoms with Gasteiger partial charge in [-0.2, -0.15) is 0 Å². The minimum Gasteiger partial charge on any atom is -0.337 e. The Labute approximate surface area is 118 Å². The summed E-state index contributed by atoms with van der Waals surface area (Å²) in [7, 11) is 0. The van der Waals surface area contributed by atoms with Gasteiger partial charge < -0.3 is 10.2 Å². The number of rotatable bonds is 2. The van der Waals surface area contributed by atoms with Crippen molar-refractivity contribution < 1.29 is 4.79 Å². The molecule has 1 heterocycles. The lowest BCUT2D eigenvalue weighted by Gasteiger charge is -2.40. The molecule has 1 aliphatic carbocycles. The van der Waals surface area contributed by atoms with E-state index >= 15 is 0 Å². The van der Waals surface area contributed by atoms with Gasteiger partial charge in [0.2, 0.25) is 5.91 Å². The second-order valence-electron chi connectivity index (χ2n) is 7.62. The number of carbonyl (C=O) groups excluding carboxylic acids is 1. The van der Waals surface area contributed by atoms with Gasteiger partial charge in [0.1, 0.15) is 0 Å². The molecule has 0 bridgehead atoms. The topological polar surface area (TPSA) is 32.3 Å². The normalized spacial score (nSPS) is 35.2. The summed E-state index contributed by atoms with van der Waals surface area (Å²) in [4.78, 5) is 14.6. The number of carbonyl (C=O) groups is 1. The van der Waals surface area contributed by atoms with Gasteiger partial charge in [-0.3, -0.25) is 4.79 Å². The van der Waals surface area contributed by atoms with Crippen molar-refractivity contribution in [3.05, 3.63) is 0 Å². The summed E-state index contributed by atoms with van der Waals surface area (Å²) < 4.78 is 0. The summed E-state index contributed by atoms with van der Waals surface area (Å²) in [5.41, 5.74) is 0.414. The number of hydrogen-bond acceptors (Lipinski definition) is 2. The van der Waals surface area contributed by atoms with Crippen LogP contribution in [0.4, 0.5) is 0 Å². The predicted octanol–water partition coefficient (Wildman–Crippen LogP) is 2.66. The molecule has 0 aromatic carbocycles. The van der Waals surface area contributed by atoms with Crippen LogP contribution in [0, 0.1) is 17.3 Å². The van der Waals surface area contributed by atoms with E-state index in [1.165, 1.54) is 19.3 Å². The summed E-state index contributed by atoms with van der Waals surface area (Å²) in [5.74, 6) is 1.74. The van der Waals surface area contributed by atoms with Crippen LogP contribution in [0.2, 0.25) is 0 Å². The summed E-state index contributed by atoms with van der Waals surface area (Å²) in [6.45, 7) is 12.0. The Morgan fingerprint density at radius 3 is 2.68 bits per heavy atom. The van der Waals surface area contributed by atoms with Crippen LogP contribution in [0.15, 0.2) is 0 Å². The first-order valence-corrected chi connectivity index (χ1v) is 7.87. The summed E-state index contributed by atoms with van der Waals surface area (Å²) in [6.07, 6.45) is 4.51. The Bertz CT molecular complexity index is 327. The molecule has 2 rings (SSSR count). The van der Waals surface area contributed by atoms with Gasteiger partial charge in [-0.15, -0.1) is 0 Å². The Kier molecular flexibility index (Phi) is 4.54. The van der Waals surface area contributed by atoms with E-state index < -0.39 is 0 Å². The highest BCUT2D eigenvalue weighted by Gasteiger charge is 2.34. The Morgan fingerprint density at radius 1 is 1.32 bits per heavy atom. The number of nitrogens with one attached hydrogen (secondary N) is 1. The second kappa shape index (κ2) is 5.82. The smallest absolute Gasteiger partial charge is 0.223 e. The third-order valence-corrected chi connectivity index (χ3v) is 4.76. The average Bonchev–Trinajstić information content (AvgIpc) is 2.26. The van der Waals surface area contributed by atoms with Crippen LogP contribution in [-0.4, -0.2) is 36.5 Å². The van der Waals surface area contributed by atoms with Crippen molar-refractivity contribution >= 4 is 5.91 Å². The fraction of sp³-hybridized carbons (Fsp3) is 0.938. The van der Waals surface area contributed by atoms with Crippen molar-refractivity contribution in [1.82, 2.24) is 10.2 Å². The minimum atomic E-state index is 0.357. The van der Waals surface area contributed by atoms with Gasteiger partial charge in [-0.1, -0.05) is 20.8 Å². The minimum absolute atomic E-state index is 0.357. The zero-order valence-corrected chi connectivity index (χ0v) is 13.0. The van der Waals surface area contributed by atoms with Gasteiger partial charge >= 0.3 is 0 Å². The molecule has 0 radical (unpaired) electrons. The van der Waals surface area contributed by atoms with Crippen molar-refractivity contribution in [1.29, 1.82) is 0 Å². The Balaban J connectivity index is 1.91. The molecule has 3 nitrogen and oxygen atoms in total. The van der Waals surface area contributed by atoms with E-state index in [9.17, 15) is 4.79 Å². The highest BCUT2D eigenvalue weighted by molar-refractivity contribution is 5.77. The van der Waals surface area contributed by atoms with Crippen molar-refractivity contribution in [2.24, 2.45) is 17.3 Å². The molecule has 1 N–H and O–H groups in total. The maximum absolute atomic E-state index is 12.5. The summed E-state index contributed by atoms with van der Waals surface area (Å²) in [6, 6.07) is 0.357. The van der Waals surface area contributed by atoms with Crippen LogP contribution in [0.5, 0.6) is 0 Å². The van der Waals surface area contributed by atoms with Gasteiger partial charge in [0, 0.05) is 32.1 Å². The van der Waals surface area contributed by atoms with Gasteiger partial charge in [0.25, 0.3) is 0 Å². The molecule has 3 unspecified atom stereocenters. The van der Waals surface area contributed by atoms with Gasteiger partial charge in [-0.25, -0.2) is 0 Å². The SMILES string of the molecule is CC1CC(CC(=O)N2CCNCC2C)CC(C)(C)C1. The van der Waals surface area contributed by atoms with Crippen LogP contribution >= 0.6 is 0 Å². The first-order valence-electron chi connectivity index (χ1n) is 7.87. The van der Waals surface area contributed by atoms with Gasteiger partial charge in [-0.05, 0) is 43.4 Å². The van der Waals surface area contributed by atoms with Crippen molar-refractivity contribution in [2.45, 2.75) is 59.4 Å². The fourth-order valence-corrected chi connectivity index (χ4v) is 4.28. The predicted molar refractivity (Wildman–Crippen MR) is 78.9 cm³/mol. The van der Waals surface area contributed by atoms with Gasteiger partial charge in [0.05, 0.1) is 0 Å². The lowest BCUT2D eigenvalue weighted by atomic mass is 9.67. The third-order valence-electron chi connectivity index (χ3n) is 4.76. The average molecular weight is 266 g/mol. The fourth-order valence-electron chi connectivity index (χ4n) is 4.28. The number of hydrogen-bond donors (Lipinski definition) is 1. The molecule has 0 aromatic heterocycles. The summed E-state index contributed by atoms with van der Waals surface area (Å²) in [5, 5.41) is 3.35. The van der Waals surface area contributed by atoms with Crippen LogP contribution < -0.4 is 5.32 Å². The van der Waals surface area contributed by atoms with E-state index in [1.807, 2.05) is 0 Å². The molecule has 2 aliphatic rings. The molecule has 1 saturated heterocycles. The van der Waals surface area contributed by atoms with E-state index in [4.69, 9.17) is 0 Å². The van der Waals surface area contributed by atoms with Crippen molar-refractivity contribution in [2.75, 3.05) is 19.6 Å². The third kappa shape index (κ3) is 3.95. The monoisotopic (exact) mass is 266 g/mol. The Hall–Kier alpha value is -0.570. The number of nitrogens with zero attached hydrogens (tertiary/aromatic N) is 1. The van der Waals surface area contributed by atoms with E-state index in [2.05, 4.69) is 37.9 Å². The maximum atomic E-state index is 12.5. The molecule has 2 fully saturated rings. The largest absolute Gasteiger partial charge is 0.337 e. The molecule has 0 aromatic rings. The van der Waals surface area contributed by atoms with Crippen LogP contribution in [-0.2, 0) is 4.79 Å². The van der Waals surface area contributed by atoms with E-state index in [1.54, 1.807) is 0 Å². The molecule has 1 aliphatic heterocycles. The van der Waals surface area contributed by atoms with E-state index in [-0.39, 0.29) is 0 Å². The molecule has 1 amide bonds. The molecule has 19 heavy (non-hydrogen) atoms. The van der Waals surface area contributed by atoms with E-state index in [0.717, 1.165) is 32.0 Å². The summed E-state index contributed by atoms with van der Waals surface area (Å²) >= 11 is 0. The lowest BCUT2D eigenvalue weighted by molar-refractivity contribution is -0.135. The van der Waals surface area contributed by atoms with Gasteiger partial charge in [0.15, 0.2) is 0 Å². The molecule has 1 saturated carbocycles. The molecular weight excluding hydrogens is 236 g/mol. The lowest BCUT2D eigenvalue weighted by Crippen LogP contribution is -2.52. The molecule has 3 heteroatoms. The molecule has 110 valence electrons. The Morgan fingerprint density at radius 2 is 2.05 bits per heavy atom. The first kappa shape index (κ1) is 14.8. The zero-order chi connectivity index (χ0) is 14.0. The molecule has 0 spiro atoms. The standard InChI is InChI=1S/C16H30N2O/c1-12-7-14(10-16(3,4)9-12)8-15(19)18-6-5-17-11-13(18)2/h12-14,17H,5-11H2,1-4H3. The van der Waals surface area contributed by atoms with E-state index in [0.29, 0.717) is 23.3 Å². The quantitative estimate of drug-likeness (QED) is 0.833. The second-order valence-corrected chi connectivity index (χ2v) is 7.62. The maximum Gasteiger partial charge on any atom is 0.223 e. The van der Waals surface area contributed by atoms with Crippen LogP contribution in [0.25, 0.3) is 0 Å².